The molecule has 130 valence electrons. The van der Waals surface area contributed by atoms with Crippen LogP contribution in [0, 0.1) is 0 Å². The van der Waals surface area contributed by atoms with E-state index >= 15 is 0 Å². The summed E-state index contributed by atoms with van der Waals surface area (Å²) in [5, 5.41) is 3.48. The van der Waals surface area contributed by atoms with Gasteiger partial charge in [-0.1, -0.05) is 43.2 Å². The molecule has 1 amide bonds. The van der Waals surface area contributed by atoms with E-state index in [1.54, 1.807) is 7.11 Å². The second-order valence-corrected chi connectivity index (χ2v) is 6.99. The Morgan fingerprint density at radius 2 is 1.96 bits per heavy atom. The lowest BCUT2D eigenvalue weighted by molar-refractivity contribution is 0.102. The normalized spacial score (nSPS) is 10.8. The van der Waals surface area contributed by atoms with Gasteiger partial charge in [-0.15, -0.1) is 0 Å². The number of aromatic nitrogens is 1. The molecule has 25 heavy (non-hydrogen) atoms. The fraction of sp³-hybridized carbons (Fsp3) is 0.300. The minimum absolute atomic E-state index is 0.133. The Morgan fingerprint density at radius 3 is 2.68 bits per heavy atom. The molecule has 0 aliphatic rings. The van der Waals surface area contributed by atoms with Gasteiger partial charge in [-0.2, -0.15) is 0 Å². The van der Waals surface area contributed by atoms with E-state index in [4.69, 9.17) is 4.74 Å². The van der Waals surface area contributed by atoms with Crippen molar-refractivity contribution < 1.29 is 9.53 Å². The molecule has 3 aromatic rings. The number of nitrogens with one attached hydrogen (secondary N) is 1. The Bertz CT molecular complexity index is 856. The van der Waals surface area contributed by atoms with Crippen LogP contribution in [0.15, 0.2) is 42.5 Å². The zero-order valence-electron chi connectivity index (χ0n) is 14.5. The first-order valence-electron chi connectivity index (χ1n) is 8.54. The molecule has 0 unspecified atom stereocenters. The number of benzene rings is 2. The number of fused-ring (bicyclic) bond motifs is 1. The number of ether oxygens (including phenoxy) is 1. The number of hydrogen-bond donors (Lipinski definition) is 1. The largest absolute Gasteiger partial charge is 0.497 e. The number of thiazole rings is 1. The van der Waals surface area contributed by atoms with Gasteiger partial charge < -0.3 is 4.74 Å². The fourth-order valence-electron chi connectivity index (χ4n) is 2.66. The van der Waals surface area contributed by atoms with Crippen LogP contribution in [0.1, 0.15) is 42.1 Å². The third-order valence-corrected chi connectivity index (χ3v) is 5.03. The molecule has 0 saturated heterocycles. The Labute approximate surface area is 151 Å². The summed E-state index contributed by atoms with van der Waals surface area (Å²) in [5.74, 6) is 0.652. The van der Waals surface area contributed by atoms with Gasteiger partial charge in [0.2, 0.25) is 0 Å². The van der Waals surface area contributed by atoms with E-state index in [1.165, 1.54) is 36.2 Å². The first-order valence-corrected chi connectivity index (χ1v) is 9.36. The molecule has 1 heterocycles. The Morgan fingerprint density at radius 1 is 1.16 bits per heavy atom. The van der Waals surface area contributed by atoms with Crippen LogP contribution in [0.5, 0.6) is 5.75 Å². The number of hydrogen-bond acceptors (Lipinski definition) is 4. The van der Waals surface area contributed by atoms with Crippen LogP contribution in [0.25, 0.3) is 10.2 Å². The number of carbonyl (C=O) groups excluding carboxylic acids is 1. The topological polar surface area (TPSA) is 51.2 Å². The van der Waals surface area contributed by atoms with E-state index in [2.05, 4.69) is 17.2 Å². The molecule has 0 saturated carbocycles. The summed E-state index contributed by atoms with van der Waals surface area (Å²) in [6.45, 7) is 2.20. The molecule has 1 N–H and O–H groups in total. The van der Waals surface area contributed by atoms with Crippen molar-refractivity contribution in [3.05, 3.63) is 53.6 Å². The summed E-state index contributed by atoms with van der Waals surface area (Å²) in [6, 6.07) is 13.5. The number of aryl methyl sites for hydroxylation is 1. The molecular weight excluding hydrogens is 332 g/mol. The number of anilines is 1. The van der Waals surface area contributed by atoms with Crippen LogP contribution < -0.4 is 10.1 Å². The SMILES string of the molecule is CCCCCc1ccc(C(=O)Nc2nc3ccc(OC)cc3s2)cc1. The number of unbranched alkanes of at least 4 members (excludes halogenated alkanes) is 2. The van der Waals surface area contributed by atoms with Gasteiger partial charge >= 0.3 is 0 Å². The van der Waals surface area contributed by atoms with Crippen LogP contribution in [-0.2, 0) is 6.42 Å². The minimum atomic E-state index is -0.133. The van der Waals surface area contributed by atoms with E-state index in [9.17, 15) is 4.79 Å². The van der Waals surface area contributed by atoms with Gasteiger partial charge in [0.05, 0.1) is 17.3 Å². The smallest absolute Gasteiger partial charge is 0.257 e. The quantitative estimate of drug-likeness (QED) is 0.587. The predicted molar refractivity (Wildman–Crippen MR) is 104 cm³/mol. The first-order chi connectivity index (χ1) is 12.2. The van der Waals surface area contributed by atoms with Gasteiger partial charge in [-0.3, -0.25) is 10.1 Å². The van der Waals surface area contributed by atoms with Gasteiger partial charge in [-0.05, 0) is 48.7 Å². The van der Waals surface area contributed by atoms with Crippen molar-refractivity contribution in [1.29, 1.82) is 0 Å². The minimum Gasteiger partial charge on any atom is -0.497 e. The standard InChI is InChI=1S/C20H22N2O2S/c1-3-4-5-6-14-7-9-15(10-8-14)19(23)22-20-21-17-12-11-16(24-2)13-18(17)25-20/h7-13H,3-6H2,1-2H3,(H,21,22,23). The highest BCUT2D eigenvalue weighted by Crippen LogP contribution is 2.29. The van der Waals surface area contributed by atoms with E-state index in [-0.39, 0.29) is 5.91 Å². The van der Waals surface area contributed by atoms with Crippen LogP contribution in [0.4, 0.5) is 5.13 Å². The van der Waals surface area contributed by atoms with Crippen LogP contribution in [0.2, 0.25) is 0 Å². The summed E-state index contributed by atoms with van der Waals surface area (Å²) in [5.41, 5.74) is 2.78. The van der Waals surface area contributed by atoms with Gasteiger partial charge in [0, 0.05) is 5.56 Å². The molecular formula is C20H22N2O2S. The number of carbonyl (C=O) groups is 1. The highest BCUT2D eigenvalue weighted by atomic mass is 32.1. The summed E-state index contributed by atoms with van der Waals surface area (Å²) < 4.78 is 6.21. The van der Waals surface area contributed by atoms with E-state index in [0.29, 0.717) is 10.7 Å². The average molecular weight is 354 g/mol. The monoisotopic (exact) mass is 354 g/mol. The Kier molecular flexibility index (Phi) is 5.66. The molecule has 0 fully saturated rings. The fourth-order valence-corrected chi connectivity index (χ4v) is 3.55. The van der Waals surface area contributed by atoms with Gasteiger partial charge in [0.25, 0.3) is 5.91 Å². The highest BCUT2D eigenvalue weighted by Gasteiger charge is 2.10. The molecule has 1 aromatic heterocycles. The molecule has 0 aliphatic heterocycles. The summed E-state index contributed by atoms with van der Waals surface area (Å²) >= 11 is 1.44. The van der Waals surface area contributed by atoms with E-state index in [0.717, 1.165) is 22.4 Å². The van der Waals surface area contributed by atoms with Gasteiger partial charge in [0.1, 0.15) is 5.75 Å². The maximum absolute atomic E-state index is 12.4. The van der Waals surface area contributed by atoms with Crippen molar-refractivity contribution in [2.75, 3.05) is 12.4 Å². The summed E-state index contributed by atoms with van der Waals surface area (Å²) in [7, 11) is 1.64. The lowest BCUT2D eigenvalue weighted by atomic mass is 10.1. The summed E-state index contributed by atoms with van der Waals surface area (Å²) in [6.07, 6.45) is 4.71. The Balaban J connectivity index is 1.67. The van der Waals surface area contributed by atoms with Crippen molar-refractivity contribution >= 4 is 32.6 Å². The van der Waals surface area contributed by atoms with Crippen LogP contribution in [0.3, 0.4) is 0 Å². The summed E-state index contributed by atoms with van der Waals surface area (Å²) in [4.78, 5) is 16.9. The third kappa shape index (κ3) is 4.37. The number of amides is 1. The first kappa shape index (κ1) is 17.4. The number of nitrogens with zero attached hydrogens (tertiary/aromatic N) is 1. The van der Waals surface area contributed by atoms with Crippen molar-refractivity contribution in [1.82, 2.24) is 4.98 Å². The molecule has 4 nitrogen and oxygen atoms in total. The van der Waals surface area contributed by atoms with Gasteiger partial charge in [0.15, 0.2) is 5.13 Å². The number of rotatable bonds is 7. The van der Waals surface area contributed by atoms with Crippen molar-refractivity contribution in [3.8, 4) is 5.75 Å². The predicted octanol–water partition coefficient (Wildman–Crippen LogP) is 5.29. The second kappa shape index (κ2) is 8.12. The molecule has 5 heteroatoms. The maximum Gasteiger partial charge on any atom is 0.257 e. The second-order valence-electron chi connectivity index (χ2n) is 5.96. The lowest BCUT2D eigenvalue weighted by Gasteiger charge is -2.04. The molecule has 0 spiro atoms. The zero-order chi connectivity index (χ0) is 17.6. The van der Waals surface area contributed by atoms with Gasteiger partial charge in [-0.25, -0.2) is 4.98 Å². The molecule has 2 aromatic carbocycles. The van der Waals surface area contributed by atoms with Crippen LogP contribution >= 0.6 is 11.3 Å². The maximum atomic E-state index is 12.4. The molecule has 0 bridgehead atoms. The molecule has 0 radical (unpaired) electrons. The molecule has 0 atom stereocenters. The third-order valence-electron chi connectivity index (χ3n) is 4.10. The van der Waals surface area contributed by atoms with E-state index < -0.39 is 0 Å². The molecule has 0 aliphatic carbocycles. The van der Waals surface area contributed by atoms with Crippen LogP contribution in [-0.4, -0.2) is 18.0 Å². The zero-order valence-corrected chi connectivity index (χ0v) is 15.4. The van der Waals surface area contributed by atoms with E-state index in [1.807, 2.05) is 42.5 Å². The van der Waals surface area contributed by atoms with Crippen molar-refractivity contribution in [2.24, 2.45) is 0 Å². The molecule has 3 rings (SSSR count). The lowest BCUT2D eigenvalue weighted by Crippen LogP contribution is -2.11. The highest BCUT2D eigenvalue weighted by molar-refractivity contribution is 7.22. The average Bonchev–Trinajstić information content (AvgIpc) is 3.03. The Hall–Kier alpha value is -2.40. The van der Waals surface area contributed by atoms with Crippen molar-refractivity contribution in [3.63, 3.8) is 0 Å². The number of methoxy groups -OCH3 is 1. The van der Waals surface area contributed by atoms with Crippen molar-refractivity contribution in [2.45, 2.75) is 32.6 Å².